The first-order valence-corrected chi connectivity index (χ1v) is 23.7. The van der Waals surface area contributed by atoms with Crippen LogP contribution < -0.4 is 30.2 Å². The van der Waals surface area contributed by atoms with Gasteiger partial charge in [-0.05, 0) is 19.3 Å². The Balaban J connectivity index is 3.29. The molecule has 9 nitrogen and oxygen atoms in total. The number of ether oxygens (including phenoxy) is 3. The number of carbonyl (C=O) groups excluding carboxylic acids is 3. The molecule has 0 saturated heterocycles. The zero-order valence-corrected chi connectivity index (χ0v) is 37.8. The molecule has 0 aromatic heterocycles. The summed E-state index contributed by atoms with van der Waals surface area (Å²) >= 11 is 0. The fraction of sp³-hybridized carbons (Fsp3) is 0.812. The number of benzene rings is 1. The van der Waals surface area contributed by atoms with Gasteiger partial charge in [-0.15, -0.1) is 0 Å². The monoisotopic (exact) mass is 802 g/mol. The largest absolute Gasteiger partial charge is 0.492 e. The van der Waals surface area contributed by atoms with Gasteiger partial charge >= 0.3 is 0 Å². The maximum absolute atomic E-state index is 13.8. The van der Waals surface area contributed by atoms with Crippen molar-refractivity contribution in [1.29, 1.82) is 0 Å². The molecule has 0 aliphatic rings. The van der Waals surface area contributed by atoms with Crippen LogP contribution in [0.3, 0.4) is 0 Å². The number of unbranched alkanes of at least 4 members (excludes halogenated alkanes) is 27. The number of amides is 3. The topological polar surface area (TPSA) is 115 Å². The second-order valence-electron chi connectivity index (χ2n) is 15.9. The first kappa shape index (κ1) is 52.0. The summed E-state index contributed by atoms with van der Waals surface area (Å²) in [5.41, 5.74) is 0.167. The summed E-state index contributed by atoms with van der Waals surface area (Å²) < 4.78 is 19.3. The Kier molecular flexibility index (Phi) is 33.0. The number of nitrogens with one attached hydrogen (secondary N) is 3. The van der Waals surface area contributed by atoms with Crippen LogP contribution >= 0.6 is 0 Å². The van der Waals surface area contributed by atoms with Gasteiger partial charge in [0, 0.05) is 21.1 Å². The van der Waals surface area contributed by atoms with Crippen LogP contribution in [0.25, 0.3) is 0 Å². The summed E-state index contributed by atoms with van der Waals surface area (Å²) in [6.07, 6.45) is 35.4. The summed E-state index contributed by atoms with van der Waals surface area (Å²) in [5.74, 6) is -1.14. The van der Waals surface area contributed by atoms with E-state index in [0.29, 0.717) is 19.8 Å². The number of carbonyl (C=O) groups is 3. The van der Waals surface area contributed by atoms with Gasteiger partial charge in [-0.3, -0.25) is 14.4 Å². The van der Waals surface area contributed by atoms with Gasteiger partial charge in [0.25, 0.3) is 17.7 Å². The molecule has 3 amide bonds. The normalized spacial score (nSPS) is 11.1. The molecule has 0 fully saturated rings. The highest BCUT2D eigenvalue weighted by Crippen LogP contribution is 2.44. The summed E-state index contributed by atoms with van der Waals surface area (Å²) in [6.45, 7) is 7.69. The van der Waals surface area contributed by atoms with Gasteiger partial charge in [-0.1, -0.05) is 194 Å². The van der Waals surface area contributed by atoms with E-state index in [2.05, 4.69) is 36.7 Å². The summed E-state index contributed by atoms with van der Waals surface area (Å²) in [5, 5.41) is 8.17. The van der Waals surface area contributed by atoms with E-state index in [0.717, 1.165) is 57.8 Å². The van der Waals surface area contributed by atoms with Crippen molar-refractivity contribution in [3.8, 4) is 17.2 Å². The molecule has 9 heteroatoms. The van der Waals surface area contributed by atoms with E-state index in [-0.39, 0.29) is 33.9 Å². The average Bonchev–Trinajstić information content (AvgIpc) is 3.22. The molecule has 57 heavy (non-hydrogen) atoms. The van der Waals surface area contributed by atoms with E-state index in [9.17, 15) is 14.4 Å². The van der Waals surface area contributed by atoms with E-state index in [4.69, 9.17) is 14.2 Å². The predicted molar refractivity (Wildman–Crippen MR) is 239 cm³/mol. The van der Waals surface area contributed by atoms with Gasteiger partial charge in [-0.2, -0.15) is 0 Å². The van der Waals surface area contributed by atoms with Gasteiger partial charge in [0.05, 0.1) is 19.8 Å². The maximum atomic E-state index is 13.8. The van der Waals surface area contributed by atoms with Gasteiger partial charge in [0.15, 0.2) is 17.2 Å². The Bertz CT molecular complexity index is 1030. The predicted octanol–water partition coefficient (Wildman–Crippen LogP) is 12.7. The van der Waals surface area contributed by atoms with Crippen LogP contribution in [0.5, 0.6) is 17.2 Å². The second kappa shape index (κ2) is 36.1. The van der Waals surface area contributed by atoms with E-state index in [1.807, 2.05) is 0 Å². The molecule has 0 radical (unpaired) electrons. The van der Waals surface area contributed by atoms with E-state index < -0.39 is 17.7 Å². The Morgan fingerprint density at radius 2 is 0.491 bits per heavy atom. The highest BCUT2D eigenvalue weighted by molar-refractivity contribution is 6.13. The summed E-state index contributed by atoms with van der Waals surface area (Å²) in [6, 6.07) is 0. The average molecular weight is 802 g/mol. The molecule has 0 spiro atoms. The first-order chi connectivity index (χ1) is 27.9. The molecule has 1 rings (SSSR count). The zero-order valence-electron chi connectivity index (χ0n) is 37.8. The minimum Gasteiger partial charge on any atom is -0.492 e. The molecule has 0 bridgehead atoms. The Morgan fingerprint density at radius 1 is 0.316 bits per heavy atom. The fourth-order valence-corrected chi connectivity index (χ4v) is 7.40. The lowest BCUT2D eigenvalue weighted by molar-refractivity contribution is 0.0943. The van der Waals surface area contributed by atoms with Crippen molar-refractivity contribution in [2.75, 3.05) is 41.0 Å². The van der Waals surface area contributed by atoms with E-state index in [1.54, 1.807) is 0 Å². The Morgan fingerprint density at radius 3 is 0.667 bits per heavy atom. The first-order valence-electron chi connectivity index (χ1n) is 23.7. The second-order valence-corrected chi connectivity index (χ2v) is 15.9. The standard InChI is InChI=1S/C48H87N3O6/c1-7-10-13-16-19-22-25-28-31-34-37-55-43-40(46(52)49-4)44(56-38-35-32-29-26-23-20-17-14-11-8-2)42(48(54)51-6)45(41(43)47(53)50-5)57-39-36-33-30-27-24-21-18-15-12-9-3/h7-39H2,1-6H3,(H,49,52)(H,50,53)(H,51,54). The van der Waals surface area contributed by atoms with Crippen molar-refractivity contribution in [3.63, 3.8) is 0 Å². The smallest absolute Gasteiger partial charge is 0.258 e. The molecule has 0 aliphatic heterocycles. The van der Waals surface area contributed by atoms with E-state index in [1.165, 1.54) is 156 Å². The van der Waals surface area contributed by atoms with Crippen molar-refractivity contribution in [2.45, 2.75) is 213 Å². The lowest BCUT2D eigenvalue weighted by atomic mass is 9.97. The number of hydrogen-bond acceptors (Lipinski definition) is 6. The molecule has 1 aromatic carbocycles. The van der Waals surface area contributed by atoms with Crippen LogP contribution in [0.4, 0.5) is 0 Å². The van der Waals surface area contributed by atoms with Crippen LogP contribution in [0.2, 0.25) is 0 Å². The molecular formula is C48H87N3O6. The molecule has 0 saturated carbocycles. The Labute approximate surface area is 349 Å². The van der Waals surface area contributed by atoms with Crippen molar-refractivity contribution < 1.29 is 28.6 Å². The minimum absolute atomic E-state index is 0.0557. The van der Waals surface area contributed by atoms with E-state index >= 15 is 0 Å². The van der Waals surface area contributed by atoms with Crippen LogP contribution in [-0.4, -0.2) is 58.7 Å². The third kappa shape index (κ3) is 22.7. The zero-order chi connectivity index (χ0) is 41.8. The van der Waals surface area contributed by atoms with Gasteiger partial charge < -0.3 is 30.2 Å². The lowest BCUT2D eigenvalue weighted by Gasteiger charge is -2.24. The van der Waals surface area contributed by atoms with Crippen LogP contribution in [0, 0.1) is 0 Å². The maximum Gasteiger partial charge on any atom is 0.258 e. The SMILES string of the molecule is CCCCCCCCCCCCOc1c(C(=O)NC)c(OCCCCCCCCCCCC)c(C(=O)NC)c(OCCCCCCCCCCCC)c1C(=O)NC. The van der Waals surface area contributed by atoms with Crippen LogP contribution in [-0.2, 0) is 0 Å². The van der Waals surface area contributed by atoms with Crippen molar-refractivity contribution >= 4 is 17.7 Å². The lowest BCUT2D eigenvalue weighted by Crippen LogP contribution is -2.29. The fourth-order valence-electron chi connectivity index (χ4n) is 7.40. The molecule has 0 unspecified atom stereocenters. The number of rotatable bonds is 39. The molecule has 1 aromatic rings. The quantitative estimate of drug-likeness (QED) is 0.0571. The summed E-state index contributed by atoms with van der Waals surface area (Å²) in [7, 11) is 4.61. The minimum atomic E-state index is -0.484. The van der Waals surface area contributed by atoms with Crippen LogP contribution in [0.15, 0.2) is 0 Å². The molecule has 0 heterocycles. The highest BCUT2D eigenvalue weighted by atomic mass is 16.5. The molecule has 0 aliphatic carbocycles. The van der Waals surface area contributed by atoms with Crippen molar-refractivity contribution in [3.05, 3.63) is 16.7 Å². The summed E-state index contributed by atoms with van der Waals surface area (Å²) in [4.78, 5) is 41.3. The Hall–Kier alpha value is -2.97. The molecule has 3 N–H and O–H groups in total. The molecular weight excluding hydrogens is 715 g/mol. The molecule has 330 valence electrons. The van der Waals surface area contributed by atoms with Gasteiger partial charge in [0.2, 0.25) is 0 Å². The van der Waals surface area contributed by atoms with Gasteiger partial charge in [0.1, 0.15) is 16.7 Å². The van der Waals surface area contributed by atoms with Crippen molar-refractivity contribution in [1.82, 2.24) is 16.0 Å². The molecule has 0 atom stereocenters. The highest BCUT2D eigenvalue weighted by Gasteiger charge is 2.36. The van der Waals surface area contributed by atoms with Gasteiger partial charge in [-0.25, -0.2) is 0 Å². The number of hydrogen-bond donors (Lipinski definition) is 3. The third-order valence-electron chi connectivity index (χ3n) is 11.0. The van der Waals surface area contributed by atoms with Crippen LogP contribution in [0.1, 0.15) is 244 Å². The van der Waals surface area contributed by atoms with Crippen molar-refractivity contribution in [2.24, 2.45) is 0 Å². The third-order valence-corrected chi connectivity index (χ3v) is 11.0.